The van der Waals surface area contributed by atoms with Crippen LogP contribution in [0.15, 0.2) is 36.4 Å². The molecule has 2 rings (SSSR count). The average molecular weight is 272 g/mol. The van der Waals surface area contributed by atoms with Crippen molar-refractivity contribution in [1.29, 1.82) is 0 Å². The van der Waals surface area contributed by atoms with E-state index in [0.717, 1.165) is 23.6 Å². The quantitative estimate of drug-likeness (QED) is 0.793. The third kappa shape index (κ3) is 3.14. The topological polar surface area (TPSA) is 49.7 Å². The Labute approximate surface area is 120 Å². The SMILES string of the molecule is CCC(CC)COc1ccc2ccccc2c1B(O)O. The Balaban J connectivity index is 2.35. The molecule has 2 aromatic carbocycles. The van der Waals surface area contributed by atoms with Crippen LogP contribution >= 0.6 is 0 Å². The van der Waals surface area contributed by atoms with Gasteiger partial charge in [-0.1, -0.05) is 57.0 Å². The molecule has 106 valence electrons. The summed E-state index contributed by atoms with van der Waals surface area (Å²) in [5, 5.41) is 21.1. The lowest BCUT2D eigenvalue weighted by Crippen LogP contribution is -2.32. The number of hydrogen-bond donors (Lipinski definition) is 2. The molecule has 20 heavy (non-hydrogen) atoms. The molecule has 0 spiro atoms. The van der Waals surface area contributed by atoms with E-state index < -0.39 is 7.12 Å². The van der Waals surface area contributed by atoms with Gasteiger partial charge in [-0.2, -0.15) is 0 Å². The Morgan fingerprint density at radius 2 is 1.75 bits per heavy atom. The van der Waals surface area contributed by atoms with Gasteiger partial charge < -0.3 is 14.8 Å². The fourth-order valence-corrected chi connectivity index (χ4v) is 2.40. The summed E-state index contributed by atoms with van der Waals surface area (Å²) >= 11 is 0. The second-order valence-corrected chi connectivity index (χ2v) is 5.07. The summed E-state index contributed by atoms with van der Waals surface area (Å²) < 4.78 is 5.83. The van der Waals surface area contributed by atoms with Crippen molar-refractivity contribution >= 4 is 23.4 Å². The highest BCUT2D eigenvalue weighted by molar-refractivity contribution is 6.63. The maximum Gasteiger partial charge on any atom is 0.492 e. The van der Waals surface area contributed by atoms with Gasteiger partial charge in [0, 0.05) is 5.46 Å². The Hall–Kier alpha value is -1.52. The molecular formula is C16H21BO3. The van der Waals surface area contributed by atoms with E-state index in [1.54, 1.807) is 0 Å². The average Bonchev–Trinajstić information content (AvgIpc) is 2.47. The van der Waals surface area contributed by atoms with Crippen molar-refractivity contribution in [3.63, 3.8) is 0 Å². The first-order valence-corrected chi connectivity index (χ1v) is 7.17. The van der Waals surface area contributed by atoms with Crippen molar-refractivity contribution in [2.24, 2.45) is 5.92 Å². The van der Waals surface area contributed by atoms with E-state index in [4.69, 9.17) is 4.74 Å². The summed E-state index contributed by atoms with van der Waals surface area (Å²) in [6.07, 6.45) is 2.11. The van der Waals surface area contributed by atoms with Crippen LogP contribution in [-0.2, 0) is 0 Å². The second kappa shape index (κ2) is 6.77. The van der Waals surface area contributed by atoms with Crippen molar-refractivity contribution < 1.29 is 14.8 Å². The highest BCUT2D eigenvalue weighted by Crippen LogP contribution is 2.20. The van der Waals surface area contributed by atoms with Gasteiger partial charge in [0.1, 0.15) is 5.75 Å². The first-order chi connectivity index (χ1) is 9.67. The number of ether oxygens (including phenoxy) is 1. The second-order valence-electron chi connectivity index (χ2n) is 5.07. The van der Waals surface area contributed by atoms with Crippen molar-refractivity contribution in [2.75, 3.05) is 6.61 Å². The molecule has 0 saturated carbocycles. The van der Waals surface area contributed by atoms with Crippen LogP contribution in [-0.4, -0.2) is 23.8 Å². The molecule has 0 unspecified atom stereocenters. The van der Waals surface area contributed by atoms with E-state index in [0.29, 0.717) is 23.7 Å². The first-order valence-electron chi connectivity index (χ1n) is 7.17. The molecule has 0 fully saturated rings. The molecule has 0 atom stereocenters. The maximum atomic E-state index is 9.66. The maximum absolute atomic E-state index is 9.66. The number of hydrogen-bond acceptors (Lipinski definition) is 3. The zero-order valence-electron chi connectivity index (χ0n) is 12.0. The van der Waals surface area contributed by atoms with E-state index in [1.165, 1.54) is 0 Å². The molecule has 0 aromatic heterocycles. The molecule has 0 radical (unpaired) electrons. The van der Waals surface area contributed by atoms with E-state index in [2.05, 4.69) is 13.8 Å². The lowest BCUT2D eigenvalue weighted by Gasteiger charge is -2.17. The molecule has 0 aliphatic heterocycles. The van der Waals surface area contributed by atoms with Gasteiger partial charge in [-0.3, -0.25) is 0 Å². The van der Waals surface area contributed by atoms with E-state index in [9.17, 15) is 10.0 Å². The standard InChI is InChI=1S/C16H21BO3/c1-3-12(4-2)11-20-15-10-9-13-7-5-6-8-14(13)16(15)17(18)19/h5-10,12,18-19H,3-4,11H2,1-2H3. The van der Waals surface area contributed by atoms with Crippen LogP contribution < -0.4 is 10.2 Å². The molecule has 0 saturated heterocycles. The summed E-state index contributed by atoms with van der Waals surface area (Å²) in [4.78, 5) is 0. The lowest BCUT2D eigenvalue weighted by atomic mass is 9.76. The van der Waals surface area contributed by atoms with Crippen LogP contribution in [0.4, 0.5) is 0 Å². The van der Waals surface area contributed by atoms with Crippen LogP contribution in [0.5, 0.6) is 5.75 Å². The molecule has 2 N–H and O–H groups in total. The summed E-state index contributed by atoms with van der Waals surface area (Å²) in [6, 6.07) is 11.4. The van der Waals surface area contributed by atoms with Gasteiger partial charge in [0.15, 0.2) is 0 Å². The monoisotopic (exact) mass is 272 g/mol. The van der Waals surface area contributed by atoms with E-state index in [-0.39, 0.29) is 0 Å². The minimum absolute atomic E-state index is 0.453. The Morgan fingerprint density at radius 1 is 1.05 bits per heavy atom. The summed E-state index contributed by atoms with van der Waals surface area (Å²) in [6.45, 7) is 4.88. The van der Waals surface area contributed by atoms with Crippen LogP contribution in [0.1, 0.15) is 26.7 Å². The fraction of sp³-hybridized carbons (Fsp3) is 0.375. The van der Waals surface area contributed by atoms with Crippen molar-refractivity contribution in [3.8, 4) is 5.75 Å². The fourth-order valence-electron chi connectivity index (χ4n) is 2.40. The van der Waals surface area contributed by atoms with E-state index >= 15 is 0 Å². The lowest BCUT2D eigenvalue weighted by molar-refractivity contribution is 0.241. The Morgan fingerprint density at radius 3 is 2.40 bits per heavy atom. The summed E-state index contributed by atoms with van der Waals surface area (Å²) in [5.41, 5.74) is 0.453. The highest BCUT2D eigenvalue weighted by Gasteiger charge is 2.21. The number of rotatable bonds is 6. The molecule has 0 bridgehead atoms. The predicted octanol–water partition coefficient (Wildman–Crippen LogP) is 2.33. The normalized spacial score (nSPS) is 11.1. The molecule has 2 aromatic rings. The molecule has 0 amide bonds. The van der Waals surface area contributed by atoms with Crippen LogP contribution in [0, 0.1) is 5.92 Å². The summed E-state index contributed by atoms with van der Waals surface area (Å²) in [7, 11) is -1.53. The zero-order chi connectivity index (χ0) is 14.5. The Kier molecular flexibility index (Phi) is 5.04. The molecule has 0 aliphatic rings. The van der Waals surface area contributed by atoms with Gasteiger partial charge in [0.2, 0.25) is 0 Å². The van der Waals surface area contributed by atoms with Gasteiger partial charge in [-0.25, -0.2) is 0 Å². The highest BCUT2D eigenvalue weighted by atomic mass is 16.5. The van der Waals surface area contributed by atoms with Crippen molar-refractivity contribution in [2.45, 2.75) is 26.7 Å². The summed E-state index contributed by atoms with van der Waals surface area (Å²) in [5.74, 6) is 1.05. The van der Waals surface area contributed by atoms with Gasteiger partial charge in [0.05, 0.1) is 6.61 Å². The molecule has 3 nitrogen and oxygen atoms in total. The van der Waals surface area contributed by atoms with Crippen LogP contribution in [0.2, 0.25) is 0 Å². The smallest absolute Gasteiger partial charge is 0.492 e. The van der Waals surface area contributed by atoms with Gasteiger partial charge in [-0.15, -0.1) is 0 Å². The van der Waals surface area contributed by atoms with Crippen LogP contribution in [0.3, 0.4) is 0 Å². The zero-order valence-corrected chi connectivity index (χ0v) is 12.0. The third-order valence-electron chi connectivity index (χ3n) is 3.82. The number of fused-ring (bicyclic) bond motifs is 1. The largest absolute Gasteiger partial charge is 0.494 e. The van der Waals surface area contributed by atoms with Gasteiger partial charge in [-0.05, 0) is 22.8 Å². The molecule has 0 heterocycles. The third-order valence-corrected chi connectivity index (χ3v) is 3.82. The molecule has 0 aliphatic carbocycles. The first kappa shape index (κ1) is 14.9. The van der Waals surface area contributed by atoms with Crippen LogP contribution in [0.25, 0.3) is 10.8 Å². The minimum atomic E-state index is -1.53. The van der Waals surface area contributed by atoms with Crippen molar-refractivity contribution in [3.05, 3.63) is 36.4 Å². The predicted molar refractivity (Wildman–Crippen MR) is 83.3 cm³/mol. The Bertz CT molecular complexity index is 565. The molecular weight excluding hydrogens is 251 g/mol. The van der Waals surface area contributed by atoms with Gasteiger partial charge in [0.25, 0.3) is 0 Å². The number of benzene rings is 2. The molecule has 4 heteroatoms. The van der Waals surface area contributed by atoms with E-state index in [1.807, 2.05) is 36.4 Å². The minimum Gasteiger partial charge on any atom is -0.494 e. The van der Waals surface area contributed by atoms with Gasteiger partial charge >= 0.3 is 7.12 Å². The van der Waals surface area contributed by atoms with Crippen molar-refractivity contribution in [1.82, 2.24) is 0 Å².